The fourth-order valence-corrected chi connectivity index (χ4v) is 1.41. The molecule has 84 valence electrons. The van der Waals surface area contributed by atoms with Crippen LogP contribution in [0.25, 0.3) is 0 Å². The van der Waals surface area contributed by atoms with Gasteiger partial charge in [0.15, 0.2) is 11.6 Å². The molecule has 15 heavy (non-hydrogen) atoms. The first kappa shape index (κ1) is 12.5. The molecular formula is C10H13Cl2FN2. The van der Waals surface area contributed by atoms with Gasteiger partial charge in [-0.05, 0) is 19.4 Å². The van der Waals surface area contributed by atoms with Crippen LogP contribution in [0.15, 0.2) is 12.3 Å². The number of nitrogens with one attached hydrogen (secondary N) is 1. The predicted molar refractivity (Wildman–Crippen MR) is 62.2 cm³/mol. The highest BCUT2D eigenvalue weighted by molar-refractivity contribution is 6.30. The van der Waals surface area contributed by atoms with Gasteiger partial charge in [0.1, 0.15) is 0 Å². The van der Waals surface area contributed by atoms with Crippen molar-refractivity contribution in [2.75, 3.05) is 11.2 Å². The molecule has 2 nitrogen and oxygen atoms in total. The van der Waals surface area contributed by atoms with Gasteiger partial charge < -0.3 is 5.32 Å². The van der Waals surface area contributed by atoms with Gasteiger partial charge in [0.05, 0.1) is 5.02 Å². The van der Waals surface area contributed by atoms with Gasteiger partial charge in [-0.2, -0.15) is 0 Å². The summed E-state index contributed by atoms with van der Waals surface area (Å²) < 4.78 is 13.4. The summed E-state index contributed by atoms with van der Waals surface area (Å²) in [7, 11) is 0. The molecule has 5 heteroatoms. The van der Waals surface area contributed by atoms with E-state index in [0.717, 1.165) is 6.42 Å². The van der Waals surface area contributed by atoms with E-state index in [9.17, 15) is 4.39 Å². The van der Waals surface area contributed by atoms with Crippen molar-refractivity contribution in [1.29, 1.82) is 0 Å². The van der Waals surface area contributed by atoms with E-state index in [1.54, 1.807) is 0 Å². The third-order valence-electron chi connectivity index (χ3n) is 2.30. The molecule has 0 spiro atoms. The molecule has 1 N–H and O–H groups in total. The van der Waals surface area contributed by atoms with Crippen molar-refractivity contribution >= 4 is 29.0 Å². The maximum Gasteiger partial charge on any atom is 0.166 e. The van der Waals surface area contributed by atoms with Gasteiger partial charge in [-0.1, -0.05) is 18.5 Å². The zero-order valence-corrected chi connectivity index (χ0v) is 10.2. The fourth-order valence-electron chi connectivity index (χ4n) is 1.01. The lowest BCUT2D eigenvalue weighted by molar-refractivity contribution is 0.539. The lowest BCUT2D eigenvalue weighted by Crippen LogP contribution is -2.36. The number of alkyl halides is 1. The maximum absolute atomic E-state index is 13.4. The van der Waals surface area contributed by atoms with Gasteiger partial charge in [-0.25, -0.2) is 9.37 Å². The van der Waals surface area contributed by atoms with Crippen LogP contribution in [0.3, 0.4) is 0 Å². The molecular weight excluding hydrogens is 238 g/mol. The first-order valence-corrected chi connectivity index (χ1v) is 5.57. The Labute approximate surface area is 98.8 Å². The Morgan fingerprint density at radius 3 is 2.73 bits per heavy atom. The van der Waals surface area contributed by atoms with Gasteiger partial charge >= 0.3 is 0 Å². The maximum atomic E-state index is 13.4. The molecule has 0 aliphatic rings. The molecule has 1 heterocycles. The summed E-state index contributed by atoms with van der Waals surface area (Å²) in [4.78, 5) is 3.88. The normalized spacial score (nSPS) is 14.7. The van der Waals surface area contributed by atoms with Gasteiger partial charge in [0, 0.05) is 17.6 Å². The fraction of sp³-hybridized carbons (Fsp3) is 0.500. The minimum atomic E-state index is -0.465. The monoisotopic (exact) mass is 250 g/mol. The summed E-state index contributed by atoms with van der Waals surface area (Å²) in [5.41, 5.74) is -0.358. The lowest BCUT2D eigenvalue weighted by atomic mass is 10.0. The van der Waals surface area contributed by atoms with Gasteiger partial charge in [0.25, 0.3) is 0 Å². The smallest absolute Gasteiger partial charge is 0.166 e. The topological polar surface area (TPSA) is 24.9 Å². The van der Waals surface area contributed by atoms with Crippen LogP contribution < -0.4 is 5.32 Å². The SMILES string of the molecule is CCC(C)(CCl)Nc1ncc(Cl)cc1F. The lowest BCUT2D eigenvalue weighted by Gasteiger charge is -2.27. The average Bonchev–Trinajstić information content (AvgIpc) is 2.22. The highest BCUT2D eigenvalue weighted by Gasteiger charge is 2.22. The van der Waals surface area contributed by atoms with Crippen molar-refractivity contribution in [2.45, 2.75) is 25.8 Å². The van der Waals surface area contributed by atoms with Crippen LogP contribution in [0.2, 0.25) is 5.02 Å². The zero-order valence-electron chi connectivity index (χ0n) is 8.65. The molecule has 1 atom stereocenters. The van der Waals surface area contributed by atoms with Crippen molar-refractivity contribution in [1.82, 2.24) is 4.98 Å². The number of hydrogen-bond acceptors (Lipinski definition) is 2. The summed E-state index contributed by atoms with van der Waals surface area (Å²) in [6, 6.07) is 1.22. The minimum Gasteiger partial charge on any atom is -0.361 e. The molecule has 0 amide bonds. The second kappa shape index (κ2) is 4.99. The van der Waals surface area contributed by atoms with Crippen molar-refractivity contribution in [3.63, 3.8) is 0 Å². The molecule has 0 radical (unpaired) electrons. The standard InChI is InChI=1S/C10H13Cl2FN2/c1-3-10(2,6-11)15-9-8(13)4-7(12)5-14-9/h4-5H,3,6H2,1-2H3,(H,14,15). The molecule has 0 aromatic carbocycles. The van der Waals surface area contributed by atoms with Crippen molar-refractivity contribution in [3.8, 4) is 0 Å². The number of rotatable bonds is 4. The van der Waals surface area contributed by atoms with E-state index < -0.39 is 5.82 Å². The van der Waals surface area contributed by atoms with Crippen LogP contribution >= 0.6 is 23.2 Å². The van der Waals surface area contributed by atoms with E-state index in [0.29, 0.717) is 5.88 Å². The number of anilines is 1. The quantitative estimate of drug-likeness (QED) is 0.825. The molecule has 1 rings (SSSR count). The van der Waals surface area contributed by atoms with E-state index in [1.165, 1.54) is 12.3 Å². The second-order valence-corrected chi connectivity index (χ2v) is 4.36. The first-order valence-electron chi connectivity index (χ1n) is 4.66. The van der Waals surface area contributed by atoms with Crippen molar-refractivity contribution in [2.24, 2.45) is 0 Å². The van der Waals surface area contributed by atoms with Gasteiger partial charge in [-0.3, -0.25) is 0 Å². The molecule has 0 aliphatic carbocycles. The molecule has 1 aromatic heterocycles. The Kier molecular flexibility index (Phi) is 4.17. The highest BCUT2D eigenvalue weighted by Crippen LogP contribution is 2.22. The number of halogens is 3. The van der Waals surface area contributed by atoms with Crippen LogP contribution in [-0.4, -0.2) is 16.4 Å². The molecule has 0 bridgehead atoms. The first-order chi connectivity index (χ1) is 7.00. The zero-order chi connectivity index (χ0) is 11.5. The summed E-state index contributed by atoms with van der Waals surface area (Å²) in [5, 5.41) is 3.25. The largest absolute Gasteiger partial charge is 0.361 e. The average molecular weight is 251 g/mol. The number of hydrogen-bond donors (Lipinski definition) is 1. The summed E-state index contributed by atoms with van der Waals surface area (Å²) in [5.74, 6) is 0.101. The van der Waals surface area contributed by atoms with Crippen molar-refractivity contribution in [3.05, 3.63) is 23.1 Å². The molecule has 1 unspecified atom stereocenters. The van der Waals surface area contributed by atoms with Gasteiger partial charge in [0.2, 0.25) is 0 Å². The summed E-state index contributed by atoms with van der Waals surface area (Å²) in [6.45, 7) is 3.89. The third-order valence-corrected chi connectivity index (χ3v) is 3.10. The van der Waals surface area contributed by atoms with Crippen LogP contribution in [0.5, 0.6) is 0 Å². The third kappa shape index (κ3) is 3.21. The molecule has 0 saturated carbocycles. The predicted octanol–water partition coefficient (Wildman–Crippen LogP) is 3.69. The number of aromatic nitrogens is 1. The second-order valence-electron chi connectivity index (χ2n) is 3.66. The Balaban J connectivity index is 2.89. The number of nitrogens with zero attached hydrogens (tertiary/aromatic N) is 1. The molecule has 0 fully saturated rings. The Bertz CT molecular complexity index is 340. The van der Waals surface area contributed by atoms with E-state index in [4.69, 9.17) is 23.2 Å². The van der Waals surface area contributed by atoms with Gasteiger partial charge in [-0.15, -0.1) is 11.6 Å². The Morgan fingerprint density at radius 2 is 2.27 bits per heavy atom. The highest BCUT2D eigenvalue weighted by atomic mass is 35.5. The van der Waals surface area contributed by atoms with Crippen molar-refractivity contribution < 1.29 is 4.39 Å². The van der Waals surface area contributed by atoms with Crippen LogP contribution in [0, 0.1) is 5.82 Å². The Hall–Kier alpha value is -0.540. The summed E-state index contributed by atoms with van der Waals surface area (Å²) in [6.07, 6.45) is 2.18. The van der Waals surface area contributed by atoms with E-state index in [-0.39, 0.29) is 16.4 Å². The van der Waals surface area contributed by atoms with Crippen LogP contribution in [-0.2, 0) is 0 Å². The van der Waals surface area contributed by atoms with Crippen LogP contribution in [0.1, 0.15) is 20.3 Å². The summed E-state index contributed by atoms with van der Waals surface area (Å²) >= 11 is 11.4. The molecule has 0 saturated heterocycles. The van der Waals surface area contributed by atoms with E-state index >= 15 is 0 Å². The van der Waals surface area contributed by atoms with E-state index in [1.807, 2.05) is 13.8 Å². The molecule has 1 aromatic rings. The van der Waals surface area contributed by atoms with E-state index in [2.05, 4.69) is 10.3 Å². The van der Waals surface area contributed by atoms with Crippen LogP contribution in [0.4, 0.5) is 10.2 Å². The number of pyridine rings is 1. The Morgan fingerprint density at radius 1 is 1.60 bits per heavy atom. The molecule has 0 aliphatic heterocycles. The minimum absolute atomic E-state index is 0.185.